The molecule has 0 bridgehead atoms. The number of hydrogen-bond donors (Lipinski definition) is 0. The van der Waals surface area contributed by atoms with Crippen LogP contribution in [0.25, 0.3) is 0 Å². The normalized spacial score (nSPS) is 15.5. The molecule has 0 aliphatic carbocycles. The molecule has 3 rings (SSSR count). The van der Waals surface area contributed by atoms with Crippen LogP contribution >= 0.6 is 0 Å². The van der Waals surface area contributed by atoms with Gasteiger partial charge in [-0.1, -0.05) is 0 Å². The molecule has 0 N–H and O–H groups in total. The van der Waals surface area contributed by atoms with Crippen molar-refractivity contribution >= 4 is 11.4 Å². The molecule has 0 saturated carbocycles. The molecule has 2 heterocycles. The summed E-state index contributed by atoms with van der Waals surface area (Å²) in [6, 6.07) is 2.35. The van der Waals surface area contributed by atoms with Crippen LogP contribution in [0.3, 0.4) is 0 Å². The highest BCUT2D eigenvalue weighted by atomic mass is 19.1. The Hall–Kier alpha value is -2.64. The third-order valence-corrected chi connectivity index (χ3v) is 4.48. The summed E-state index contributed by atoms with van der Waals surface area (Å²) in [7, 11) is 3.23. The topological polar surface area (TPSA) is 73.4 Å². The quantitative estimate of drug-likeness (QED) is 0.635. The number of ether oxygens (including phenoxy) is 1. The molecule has 24 heavy (non-hydrogen) atoms. The number of methoxy groups -OCH3 is 1. The molecule has 0 spiro atoms. The number of benzene rings is 1. The minimum atomic E-state index is -0.724. The van der Waals surface area contributed by atoms with Crippen molar-refractivity contribution in [1.29, 1.82) is 0 Å². The second-order valence-corrected chi connectivity index (χ2v) is 5.94. The summed E-state index contributed by atoms with van der Waals surface area (Å²) in [6.07, 6.45) is 5.60. The van der Waals surface area contributed by atoms with Crippen LogP contribution in [0, 0.1) is 15.9 Å². The van der Waals surface area contributed by atoms with Crippen molar-refractivity contribution in [2.45, 2.75) is 18.8 Å². The van der Waals surface area contributed by atoms with Gasteiger partial charge in [0.05, 0.1) is 24.3 Å². The Morgan fingerprint density at radius 2 is 2.08 bits per heavy atom. The molecule has 0 atom stereocenters. The van der Waals surface area contributed by atoms with E-state index in [9.17, 15) is 14.5 Å². The zero-order valence-corrected chi connectivity index (χ0v) is 13.6. The van der Waals surface area contributed by atoms with Gasteiger partial charge in [0.15, 0.2) is 11.6 Å². The van der Waals surface area contributed by atoms with Crippen molar-refractivity contribution in [3.8, 4) is 5.75 Å². The van der Waals surface area contributed by atoms with E-state index in [-0.39, 0.29) is 11.4 Å². The minimum Gasteiger partial charge on any atom is -0.494 e. The van der Waals surface area contributed by atoms with E-state index in [0.717, 1.165) is 18.9 Å². The number of piperidine rings is 1. The van der Waals surface area contributed by atoms with Gasteiger partial charge in [0.25, 0.3) is 5.69 Å². The first-order valence-corrected chi connectivity index (χ1v) is 7.75. The lowest BCUT2D eigenvalue weighted by Crippen LogP contribution is -2.33. The SMILES string of the molecule is COc1cc(N2CCC(c3cnn(C)c3)CC2)c([N+](=O)[O-])cc1F. The van der Waals surface area contributed by atoms with Crippen LogP contribution in [-0.4, -0.2) is 34.9 Å². The van der Waals surface area contributed by atoms with Crippen LogP contribution in [0.15, 0.2) is 24.5 Å². The Bertz CT molecular complexity index is 754. The molecule has 1 saturated heterocycles. The van der Waals surface area contributed by atoms with Gasteiger partial charge in [0.2, 0.25) is 0 Å². The first-order chi connectivity index (χ1) is 11.5. The van der Waals surface area contributed by atoms with Gasteiger partial charge < -0.3 is 9.64 Å². The zero-order chi connectivity index (χ0) is 17.3. The van der Waals surface area contributed by atoms with E-state index < -0.39 is 10.7 Å². The second-order valence-electron chi connectivity index (χ2n) is 5.94. The van der Waals surface area contributed by atoms with E-state index in [2.05, 4.69) is 5.10 Å². The minimum absolute atomic E-state index is 0.0185. The fourth-order valence-corrected chi connectivity index (χ4v) is 3.19. The molecule has 1 aromatic heterocycles. The molecule has 7 nitrogen and oxygen atoms in total. The Balaban J connectivity index is 1.81. The molecule has 0 unspecified atom stereocenters. The van der Waals surface area contributed by atoms with E-state index in [1.807, 2.05) is 24.3 Å². The van der Waals surface area contributed by atoms with Crippen LogP contribution in [0.5, 0.6) is 5.75 Å². The number of halogens is 1. The van der Waals surface area contributed by atoms with Gasteiger partial charge in [-0.25, -0.2) is 4.39 Å². The van der Waals surface area contributed by atoms with E-state index in [0.29, 0.717) is 24.7 Å². The molecule has 2 aromatic rings. The van der Waals surface area contributed by atoms with Crippen molar-refractivity contribution in [2.24, 2.45) is 7.05 Å². The van der Waals surface area contributed by atoms with E-state index in [4.69, 9.17) is 4.74 Å². The van der Waals surface area contributed by atoms with Crippen molar-refractivity contribution in [3.05, 3.63) is 46.0 Å². The molecule has 8 heteroatoms. The zero-order valence-electron chi connectivity index (χ0n) is 13.6. The molecule has 1 aliphatic rings. The molecule has 128 valence electrons. The van der Waals surface area contributed by atoms with E-state index in [1.165, 1.54) is 18.7 Å². The monoisotopic (exact) mass is 334 g/mol. The highest BCUT2D eigenvalue weighted by molar-refractivity contribution is 5.66. The van der Waals surface area contributed by atoms with Crippen LogP contribution in [0.4, 0.5) is 15.8 Å². The molecule has 1 fully saturated rings. The smallest absolute Gasteiger partial charge is 0.295 e. The highest BCUT2D eigenvalue weighted by Crippen LogP contribution is 2.38. The maximum absolute atomic E-state index is 13.8. The summed E-state index contributed by atoms with van der Waals surface area (Å²) in [4.78, 5) is 12.6. The average Bonchev–Trinajstić information content (AvgIpc) is 3.01. The fraction of sp³-hybridized carbons (Fsp3) is 0.438. The maximum Gasteiger partial charge on any atom is 0.295 e. The predicted molar refractivity (Wildman–Crippen MR) is 87.0 cm³/mol. The van der Waals surface area contributed by atoms with Crippen molar-refractivity contribution in [2.75, 3.05) is 25.1 Å². The van der Waals surface area contributed by atoms with Crippen LogP contribution in [-0.2, 0) is 7.05 Å². The van der Waals surface area contributed by atoms with Gasteiger partial charge in [0.1, 0.15) is 5.69 Å². The summed E-state index contributed by atoms with van der Waals surface area (Å²) >= 11 is 0. The lowest BCUT2D eigenvalue weighted by Gasteiger charge is -2.33. The maximum atomic E-state index is 13.8. The Morgan fingerprint density at radius 1 is 1.38 bits per heavy atom. The van der Waals surface area contributed by atoms with Gasteiger partial charge in [-0.15, -0.1) is 0 Å². The Morgan fingerprint density at radius 3 is 2.62 bits per heavy atom. The number of nitro groups is 1. The molecule has 1 aromatic carbocycles. The van der Waals surface area contributed by atoms with Gasteiger partial charge in [-0.05, 0) is 24.3 Å². The summed E-state index contributed by atoms with van der Waals surface area (Å²) in [5.41, 5.74) is 1.36. The standard InChI is InChI=1S/C16H19FN4O3/c1-19-10-12(9-18-19)11-3-5-20(6-4-11)14-8-16(24-2)13(17)7-15(14)21(22)23/h7-11H,3-6H2,1-2H3. The molecular weight excluding hydrogens is 315 g/mol. The number of anilines is 1. The first kappa shape index (κ1) is 16.2. The van der Waals surface area contributed by atoms with Gasteiger partial charge in [0, 0.05) is 32.4 Å². The number of aromatic nitrogens is 2. The van der Waals surface area contributed by atoms with E-state index in [1.54, 1.807) is 4.68 Å². The van der Waals surface area contributed by atoms with Crippen LogP contribution in [0.2, 0.25) is 0 Å². The van der Waals surface area contributed by atoms with Crippen molar-refractivity contribution in [3.63, 3.8) is 0 Å². The largest absolute Gasteiger partial charge is 0.494 e. The second kappa shape index (κ2) is 6.46. The van der Waals surface area contributed by atoms with Gasteiger partial charge in [-0.2, -0.15) is 5.10 Å². The third-order valence-electron chi connectivity index (χ3n) is 4.48. The van der Waals surface area contributed by atoms with Gasteiger partial charge in [-0.3, -0.25) is 14.8 Å². The molecule has 0 radical (unpaired) electrons. The van der Waals surface area contributed by atoms with Crippen LogP contribution < -0.4 is 9.64 Å². The summed E-state index contributed by atoms with van der Waals surface area (Å²) in [5.74, 6) is -0.320. The number of hydrogen-bond acceptors (Lipinski definition) is 5. The predicted octanol–water partition coefficient (Wildman–Crippen LogP) is 2.86. The number of rotatable bonds is 4. The summed E-state index contributed by atoms with van der Waals surface area (Å²) < 4.78 is 20.5. The molecule has 0 amide bonds. The number of nitro benzene ring substituents is 1. The van der Waals surface area contributed by atoms with Crippen molar-refractivity contribution in [1.82, 2.24) is 9.78 Å². The fourth-order valence-electron chi connectivity index (χ4n) is 3.19. The molecular formula is C16H19FN4O3. The number of nitrogens with zero attached hydrogens (tertiary/aromatic N) is 4. The Labute approximate surface area is 138 Å². The van der Waals surface area contributed by atoms with Crippen LogP contribution in [0.1, 0.15) is 24.3 Å². The average molecular weight is 334 g/mol. The third kappa shape index (κ3) is 3.04. The summed E-state index contributed by atoms with van der Waals surface area (Å²) in [6.45, 7) is 1.32. The molecule has 1 aliphatic heterocycles. The Kier molecular flexibility index (Phi) is 4.37. The van der Waals surface area contributed by atoms with Gasteiger partial charge >= 0.3 is 0 Å². The lowest BCUT2D eigenvalue weighted by molar-refractivity contribution is -0.384. The van der Waals surface area contributed by atoms with E-state index >= 15 is 0 Å². The first-order valence-electron chi connectivity index (χ1n) is 7.75. The summed E-state index contributed by atoms with van der Waals surface area (Å²) in [5, 5.41) is 15.5. The lowest BCUT2D eigenvalue weighted by atomic mass is 9.91. The highest BCUT2D eigenvalue weighted by Gasteiger charge is 2.28. The number of aryl methyl sites for hydroxylation is 1. The van der Waals surface area contributed by atoms with Crippen molar-refractivity contribution < 1.29 is 14.1 Å².